The Balaban J connectivity index is 2.41. The van der Waals surface area contributed by atoms with Crippen molar-refractivity contribution < 1.29 is 14.3 Å². The van der Waals surface area contributed by atoms with Crippen molar-refractivity contribution in [2.75, 3.05) is 27.4 Å². The molecule has 1 aliphatic rings. The zero-order chi connectivity index (χ0) is 14.6. The molecule has 5 heteroatoms. The van der Waals surface area contributed by atoms with Gasteiger partial charge in [-0.3, -0.25) is 10.1 Å². The zero-order valence-corrected chi connectivity index (χ0v) is 12.1. The fourth-order valence-electron chi connectivity index (χ4n) is 2.87. The van der Waals surface area contributed by atoms with Crippen LogP contribution in [0.15, 0.2) is 18.2 Å². The van der Waals surface area contributed by atoms with E-state index >= 15 is 0 Å². The highest BCUT2D eigenvalue weighted by molar-refractivity contribution is 5.87. The summed E-state index contributed by atoms with van der Waals surface area (Å²) in [4.78, 5) is 12.1. The van der Waals surface area contributed by atoms with Crippen LogP contribution in [0, 0.1) is 0 Å². The number of hydrogen-bond acceptors (Lipinski definition) is 4. The smallest absolute Gasteiger partial charge is 0.242 e. The predicted molar refractivity (Wildman–Crippen MR) is 76.7 cm³/mol. The van der Waals surface area contributed by atoms with Gasteiger partial charge in [0, 0.05) is 13.7 Å². The first kappa shape index (κ1) is 14.8. The molecule has 1 aromatic carbocycles. The van der Waals surface area contributed by atoms with Crippen molar-refractivity contribution in [2.24, 2.45) is 5.73 Å². The Morgan fingerprint density at radius 3 is 2.90 bits per heavy atom. The number of rotatable bonds is 6. The van der Waals surface area contributed by atoms with Crippen LogP contribution in [0.2, 0.25) is 0 Å². The number of amides is 1. The lowest BCUT2D eigenvalue weighted by Crippen LogP contribution is -2.55. The van der Waals surface area contributed by atoms with Crippen LogP contribution >= 0.6 is 0 Å². The van der Waals surface area contributed by atoms with E-state index in [9.17, 15) is 4.79 Å². The van der Waals surface area contributed by atoms with Crippen molar-refractivity contribution >= 4 is 5.91 Å². The first-order chi connectivity index (χ1) is 9.64. The molecule has 0 aromatic heterocycles. The standard InChI is InChI=1S/C15H22N2O3/c1-19-9-8-17-15(14(16)18)7-3-4-11-5-6-12(20-2)10-13(11)15/h5-6,10,17H,3-4,7-9H2,1-2H3,(H2,16,18). The topological polar surface area (TPSA) is 73.6 Å². The van der Waals surface area contributed by atoms with Gasteiger partial charge >= 0.3 is 0 Å². The van der Waals surface area contributed by atoms with E-state index in [0.29, 0.717) is 19.6 Å². The van der Waals surface area contributed by atoms with Gasteiger partial charge in [0.2, 0.25) is 5.91 Å². The van der Waals surface area contributed by atoms with Crippen LogP contribution in [0.4, 0.5) is 0 Å². The number of hydrogen-bond donors (Lipinski definition) is 2. The van der Waals surface area contributed by atoms with Crippen molar-refractivity contribution in [2.45, 2.75) is 24.8 Å². The number of aryl methyl sites for hydroxylation is 1. The molecule has 0 spiro atoms. The van der Waals surface area contributed by atoms with Crippen molar-refractivity contribution in [1.82, 2.24) is 5.32 Å². The highest BCUT2D eigenvalue weighted by Crippen LogP contribution is 2.37. The maximum absolute atomic E-state index is 12.1. The molecule has 3 N–H and O–H groups in total. The number of methoxy groups -OCH3 is 2. The Bertz CT molecular complexity index is 490. The second-order valence-electron chi connectivity index (χ2n) is 5.07. The largest absolute Gasteiger partial charge is 0.497 e. The summed E-state index contributed by atoms with van der Waals surface area (Å²) in [6.45, 7) is 1.12. The number of nitrogens with one attached hydrogen (secondary N) is 1. The van der Waals surface area contributed by atoms with Gasteiger partial charge in [-0.25, -0.2) is 0 Å². The SMILES string of the molecule is COCCNC1(C(N)=O)CCCc2ccc(OC)cc21. The second-order valence-corrected chi connectivity index (χ2v) is 5.07. The molecule has 110 valence electrons. The molecule has 1 aliphatic carbocycles. The first-order valence-electron chi connectivity index (χ1n) is 6.85. The highest BCUT2D eigenvalue weighted by Gasteiger charge is 2.41. The summed E-state index contributed by atoms with van der Waals surface area (Å²) in [5.74, 6) is 0.396. The van der Waals surface area contributed by atoms with Crippen LogP contribution in [0.5, 0.6) is 5.75 Å². The Morgan fingerprint density at radius 1 is 1.45 bits per heavy atom. The monoisotopic (exact) mass is 278 g/mol. The molecule has 1 aromatic rings. The van der Waals surface area contributed by atoms with Crippen LogP contribution in [0.25, 0.3) is 0 Å². The quantitative estimate of drug-likeness (QED) is 0.760. The van der Waals surface area contributed by atoms with Gasteiger partial charge in [0.15, 0.2) is 0 Å². The van der Waals surface area contributed by atoms with Gasteiger partial charge in [-0.1, -0.05) is 6.07 Å². The molecule has 1 amide bonds. The average molecular weight is 278 g/mol. The fourth-order valence-corrected chi connectivity index (χ4v) is 2.87. The lowest BCUT2D eigenvalue weighted by molar-refractivity contribution is -0.125. The summed E-state index contributed by atoms with van der Waals surface area (Å²) in [5.41, 5.74) is 6.98. The van der Waals surface area contributed by atoms with Crippen LogP contribution in [-0.4, -0.2) is 33.3 Å². The minimum absolute atomic E-state index is 0.345. The number of carbonyl (C=O) groups excluding carboxylic acids is 1. The van der Waals surface area contributed by atoms with E-state index in [1.165, 1.54) is 0 Å². The third kappa shape index (κ3) is 2.64. The van der Waals surface area contributed by atoms with E-state index in [2.05, 4.69) is 5.32 Å². The molecule has 20 heavy (non-hydrogen) atoms. The molecule has 0 aliphatic heterocycles. The molecule has 0 fully saturated rings. The summed E-state index contributed by atoms with van der Waals surface area (Å²) in [7, 11) is 3.26. The summed E-state index contributed by atoms with van der Waals surface area (Å²) in [6, 6.07) is 5.85. The number of benzene rings is 1. The third-order valence-corrected chi connectivity index (χ3v) is 3.93. The molecule has 5 nitrogen and oxygen atoms in total. The van der Waals surface area contributed by atoms with E-state index in [-0.39, 0.29) is 5.91 Å². The minimum Gasteiger partial charge on any atom is -0.497 e. The molecule has 1 unspecified atom stereocenters. The van der Waals surface area contributed by atoms with Crippen molar-refractivity contribution in [3.8, 4) is 5.75 Å². The first-order valence-corrected chi connectivity index (χ1v) is 6.85. The Kier molecular flexibility index (Phi) is 4.62. The maximum Gasteiger partial charge on any atom is 0.242 e. The van der Waals surface area contributed by atoms with E-state index in [1.807, 2.05) is 18.2 Å². The van der Waals surface area contributed by atoms with Crippen LogP contribution < -0.4 is 15.8 Å². The molecule has 1 atom stereocenters. The summed E-state index contributed by atoms with van der Waals surface area (Å²) in [6.07, 6.45) is 2.59. The van der Waals surface area contributed by atoms with Gasteiger partial charge in [0.25, 0.3) is 0 Å². The second kappa shape index (κ2) is 6.24. The summed E-state index contributed by atoms with van der Waals surface area (Å²) in [5, 5.41) is 3.29. The lowest BCUT2D eigenvalue weighted by atomic mass is 9.75. The number of nitrogens with two attached hydrogens (primary N) is 1. The van der Waals surface area contributed by atoms with Crippen molar-refractivity contribution in [3.63, 3.8) is 0 Å². The summed E-state index contributed by atoms with van der Waals surface area (Å²) >= 11 is 0. The van der Waals surface area contributed by atoms with E-state index in [4.69, 9.17) is 15.2 Å². The summed E-state index contributed by atoms with van der Waals surface area (Å²) < 4.78 is 10.3. The van der Waals surface area contributed by atoms with E-state index in [1.54, 1.807) is 14.2 Å². The van der Waals surface area contributed by atoms with Gasteiger partial charge in [0.1, 0.15) is 11.3 Å². The number of primary amides is 1. The zero-order valence-electron chi connectivity index (χ0n) is 12.1. The minimum atomic E-state index is -0.819. The molecule has 0 heterocycles. The molecule has 0 radical (unpaired) electrons. The van der Waals surface area contributed by atoms with Crippen LogP contribution in [0.1, 0.15) is 24.0 Å². The average Bonchev–Trinajstić information content (AvgIpc) is 2.47. The van der Waals surface area contributed by atoms with Gasteiger partial charge in [-0.2, -0.15) is 0 Å². The Hall–Kier alpha value is -1.59. The van der Waals surface area contributed by atoms with Gasteiger partial charge in [0.05, 0.1) is 13.7 Å². The van der Waals surface area contributed by atoms with Crippen molar-refractivity contribution in [3.05, 3.63) is 29.3 Å². The Labute approximate surface area is 119 Å². The van der Waals surface area contributed by atoms with Gasteiger partial charge in [-0.15, -0.1) is 0 Å². The molecule has 0 bridgehead atoms. The van der Waals surface area contributed by atoms with Gasteiger partial charge in [-0.05, 0) is 42.5 Å². The normalized spacial score (nSPS) is 21.3. The van der Waals surface area contributed by atoms with E-state index in [0.717, 1.165) is 29.7 Å². The highest BCUT2D eigenvalue weighted by atomic mass is 16.5. The lowest BCUT2D eigenvalue weighted by Gasteiger charge is -2.37. The molecular formula is C15H22N2O3. The number of carbonyl (C=O) groups is 1. The fraction of sp³-hybridized carbons (Fsp3) is 0.533. The number of fused-ring (bicyclic) bond motifs is 1. The molecular weight excluding hydrogens is 256 g/mol. The van der Waals surface area contributed by atoms with E-state index < -0.39 is 5.54 Å². The third-order valence-electron chi connectivity index (χ3n) is 3.93. The van der Waals surface area contributed by atoms with Crippen LogP contribution in [-0.2, 0) is 21.5 Å². The molecule has 0 saturated carbocycles. The van der Waals surface area contributed by atoms with Crippen LogP contribution in [0.3, 0.4) is 0 Å². The predicted octanol–water partition coefficient (Wildman–Crippen LogP) is 0.948. The van der Waals surface area contributed by atoms with Crippen molar-refractivity contribution in [1.29, 1.82) is 0 Å². The maximum atomic E-state index is 12.1. The molecule has 0 saturated heterocycles. The Morgan fingerprint density at radius 2 is 2.25 bits per heavy atom. The molecule has 2 rings (SSSR count). The number of ether oxygens (including phenoxy) is 2. The van der Waals surface area contributed by atoms with Gasteiger partial charge < -0.3 is 15.2 Å².